The molecule has 1 aliphatic heterocycles. The van der Waals surface area contributed by atoms with Crippen molar-refractivity contribution in [2.24, 2.45) is 0 Å². The van der Waals surface area contributed by atoms with Gasteiger partial charge in [-0.25, -0.2) is 9.29 Å². The largest absolute Gasteiger partial charge is 0.373 e. The predicted octanol–water partition coefficient (Wildman–Crippen LogP) is 3.13. The molecule has 2 aromatic carbocycles. The minimum atomic E-state index is -0.626. The van der Waals surface area contributed by atoms with Crippen molar-refractivity contribution in [2.45, 2.75) is 25.8 Å². The fraction of sp³-hybridized carbons (Fsp3) is 0.222. The van der Waals surface area contributed by atoms with Crippen molar-refractivity contribution in [3.05, 3.63) is 59.9 Å². The van der Waals surface area contributed by atoms with E-state index < -0.39 is 11.9 Å². The number of hydrogen-bond acceptors (Lipinski definition) is 3. The number of hydrogen-bond donors (Lipinski definition) is 1. The smallest absolute Gasteiger partial charge is 0.256 e. The second kappa shape index (κ2) is 6.20. The van der Waals surface area contributed by atoms with Gasteiger partial charge in [-0.05, 0) is 36.2 Å². The number of rotatable bonds is 4. The van der Waals surface area contributed by atoms with Gasteiger partial charge in [-0.15, -0.1) is 0 Å². The maximum atomic E-state index is 13.4. The molecule has 5 heteroatoms. The van der Waals surface area contributed by atoms with Crippen LogP contribution in [-0.2, 0) is 16.0 Å². The maximum Gasteiger partial charge on any atom is 0.256 e. The normalized spacial score (nSPS) is 17.7. The molecule has 4 nitrogen and oxygen atoms in total. The van der Waals surface area contributed by atoms with Crippen LogP contribution in [0, 0.1) is 5.82 Å². The zero-order valence-electron chi connectivity index (χ0n) is 12.8. The zero-order chi connectivity index (χ0) is 16.4. The molecule has 1 fully saturated rings. The van der Waals surface area contributed by atoms with Gasteiger partial charge in [0.2, 0.25) is 5.91 Å². The molecule has 1 saturated heterocycles. The molecule has 1 aliphatic rings. The van der Waals surface area contributed by atoms with E-state index in [1.54, 1.807) is 6.07 Å². The summed E-state index contributed by atoms with van der Waals surface area (Å²) in [5.74, 6) is -1.16. The third kappa shape index (κ3) is 2.95. The van der Waals surface area contributed by atoms with E-state index in [2.05, 4.69) is 5.32 Å². The van der Waals surface area contributed by atoms with Crippen LogP contribution in [0.15, 0.2) is 48.5 Å². The predicted molar refractivity (Wildman–Crippen MR) is 86.7 cm³/mol. The van der Waals surface area contributed by atoms with Crippen molar-refractivity contribution in [1.29, 1.82) is 0 Å². The standard InChI is InChI=1S/C18H17FN2O2/c1-2-12-6-3-4-9-15(12)20-16-11-17(22)21(18(16)23)14-8-5-7-13(19)10-14/h3-10,16,20H,2,11H2,1H3/t16-/m0/s1. The fourth-order valence-electron chi connectivity index (χ4n) is 2.79. The van der Waals surface area contributed by atoms with Gasteiger partial charge in [0, 0.05) is 5.69 Å². The SMILES string of the molecule is CCc1ccccc1N[C@H]1CC(=O)N(c2cccc(F)c2)C1=O. The van der Waals surface area contributed by atoms with Crippen molar-refractivity contribution in [2.75, 3.05) is 10.2 Å². The first kappa shape index (κ1) is 15.2. The molecule has 1 heterocycles. The molecule has 2 aromatic rings. The van der Waals surface area contributed by atoms with Gasteiger partial charge in [0.1, 0.15) is 11.9 Å². The monoisotopic (exact) mass is 312 g/mol. The molecule has 0 spiro atoms. The van der Waals surface area contributed by atoms with Crippen LogP contribution in [0.3, 0.4) is 0 Å². The summed E-state index contributed by atoms with van der Waals surface area (Å²) >= 11 is 0. The summed E-state index contributed by atoms with van der Waals surface area (Å²) in [6, 6.07) is 12.6. The van der Waals surface area contributed by atoms with E-state index in [4.69, 9.17) is 0 Å². The quantitative estimate of drug-likeness (QED) is 0.882. The first-order valence-electron chi connectivity index (χ1n) is 7.57. The van der Waals surface area contributed by atoms with Gasteiger partial charge in [0.15, 0.2) is 0 Å². The Balaban J connectivity index is 1.84. The molecule has 118 valence electrons. The summed E-state index contributed by atoms with van der Waals surface area (Å²) in [4.78, 5) is 25.8. The Morgan fingerprint density at radius 3 is 2.70 bits per heavy atom. The maximum absolute atomic E-state index is 13.4. The second-order valence-corrected chi connectivity index (χ2v) is 5.46. The van der Waals surface area contributed by atoms with Crippen LogP contribution in [0.5, 0.6) is 0 Å². The highest BCUT2D eigenvalue weighted by atomic mass is 19.1. The number of para-hydroxylation sites is 1. The van der Waals surface area contributed by atoms with Gasteiger partial charge in [-0.3, -0.25) is 9.59 Å². The van der Waals surface area contributed by atoms with Crippen molar-refractivity contribution in [3.63, 3.8) is 0 Å². The molecule has 0 radical (unpaired) electrons. The van der Waals surface area contributed by atoms with Crippen molar-refractivity contribution in [1.82, 2.24) is 0 Å². The molecule has 2 amide bonds. The van der Waals surface area contributed by atoms with Gasteiger partial charge in [0.05, 0.1) is 12.1 Å². The van der Waals surface area contributed by atoms with Gasteiger partial charge >= 0.3 is 0 Å². The van der Waals surface area contributed by atoms with E-state index >= 15 is 0 Å². The number of nitrogens with one attached hydrogen (secondary N) is 1. The van der Waals surface area contributed by atoms with E-state index in [1.165, 1.54) is 18.2 Å². The van der Waals surface area contributed by atoms with E-state index in [0.29, 0.717) is 0 Å². The number of anilines is 2. The highest BCUT2D eigenvalue weighted by molar-refractivity contribution is 6.23. The Labute approximate surface area is 133 Å². The zero-order valence-corrected chi connectivity index (χ0v) is 12.8. The molecule has 0 unspecified atom stereocenters. The molecule has 0 saturated carbocycles. The van der Waals surface area contributed by atoms with Gasteiger partial charge in [-0.1, -0.05) is 31.2 Å². The van der Waals surface area contributed by atoms with E-state index in [1.807, 2.05) is 31.2 Å². The summed E-state index contributed by atoms with van der Waals surface area (Å²) in [5, 5.41) is 3.15. The van der Waals surface area contributed by atoms with E-state index in [9.17, 15) is 14.0 Å². The van der Waals surface area contributed by atoms with Crippen LogP contribution in [0.1, 0.15) is 18.9 Å². The average Bonchev–Trinajstić information content (AvgIpc) is 2.82. The topological polar surface area (TPSA) is 49.4 Å². The Morgan fingerprint density at radius 2 is 1.96 bits per heavy atom. The molecule has 0 aliphatic carbocycles. The minimum Gasteiger partial charge on any atom is -0.373 e. The molecular weight excluding hydrogens is 295 g/mol. The Morgan fingerprint density at radius 1 is 1.17 bits per heavy atom. The highest BCUT2D eigenvalue weighted by Crippen LogP contribution is 2.26. The van der Waals surface area contributed by atoms with Crippen LogP contribution in [0.25, 0.3) is 0 Å². The van der Waals surface area contributed by atoms with Gasteiger partial charge in [-0.2, -0.15) is 0 Å². The Kier molecular flexibility index (Phi) is 4.10. The number of carbonyl (C=O) groups excluding carboxylic acids is 2. The number of amides is 2. The van der Waals surface area contributed by atoms with E-state index in [0.717, 1.165) is 22.6 Å². The summed E-state index contributed by atoms with van der Waals surface area (Å²) in [5.41, 5.74) is 2.20. The molecule has 0 bridgehead atoms. The molecule has 1 N–H and O–H groups in total. The summed E-state index contributed by atoms with van der Waals surface area (Å²) in [6.07, 6.45) is 0.888. The summed E-state index contributed by atoms with van der Waals surface area (Å²) in [7, 11) is 0. The first-order chi connectivity index (χ1) is 11.1. The summed E-state index contributed by atoms with van der Waals surface area (Å²) in [6.45, 7) is 2.03. The minimum absolute atomic E-state index is 0.0629. The Hall–Kier alpha value is -2.69. The number of nitrogens with zero attached hydrogens (tertiary/aromatic N) is 1. The molecule has 0 aromatic heterocycles. The first-order valence-corrected chi connectivity index (χ1v) is 7.57. The molecule has 1 atom stereocenters. The van der Waals surface area contributed by atoms with E-state index in [-0.39, 0.29) is 23.9 Å². The molecular formula is C18H17FN2O2. The van der Waals surface area contributed by atoms with Crippen LogP contribution in [0.2, 0.25) is 0 Å². The summed E-state index contributed by atoms with van der Waals surface area (Å²) < 4.78 is 13.4. The lowest BCUT2D eigenvalue weighted by Gasteiger charge is -2.17. The lowest BCUT2D eigenvalue weighted by Crippen LogP contribution is -2.35. The van der Waals surface area contributed by atoms with Crippen molar-refractivity contribution < 1.29 is 14.0 Å². The highest BCUT2D eigenvalue weighted by Gasteiger charge is 2.39. The van der Waals surface area contributed by atoms with Crippen molar-refractivity contribution >= 4 is 23.2 Å². The third-order valence-corrected chi connectivity index (χ3v) is 3.94. The number of benzene rings is 2. The third-order valence-electron chi connectivity index (χ3n) is 3.94. The number of halogens is 1. The lowest BCUT2D eigenvalue weighted by atomic mass is 10.1. The van der Waals surface area contributed by atoms with Crippen molar-refractivity contribution in [3.8, 4) is 0 Å². The van der Waals surface area contributed by atoms with Crippen LogP contribution in [0.4, 0.5) is 15.8 Å². The van der Waals surface area contributed by atoms with Crippen LogP contribution in [-0.4, -0.2) is 17.9 Å². The fourth-order valence-corrected chi connectivity index (χ4v) is 2.79. The molecule has 23 heavy (non-hydrogen) atoms. The number of aryl methyl sites for hydroxylation is 1. The number of imide groups is 1. The molecule has 3 rings (SSSR count). The Bertz CT molecular complexity index is 760. The van der Waals surface area contributed by atoms with Crippen LogP contribution < -0.4 is 10.2 Å². The van der Waals surface area contributed by atoms with Gasteiger partial charge in [0.25, 0.3) is 5.91 Å². The lowest BCUT2D eigenvalue weighted by molar-refractivity contribution is -0.121. The number of carbonyl (C=O) groups is 2. The second-order valence-electron chi connectivity index (χ2n) is 5.46. The average molecular weight is 312 g/mol. The van der Waals surface area contributed by atoms with Gasteiger partial charge < -0.3 is 5.32 Å². The van der Waals surface area contributed by atoms with Crippen LogP contribution >= 0.6 is 0 Å².